The number of carbonyl (C=O) groups is 1. The second kappa shape index (κ2) is 5.71. The number of aliphatic carboxylic acids is 1. The van der Waals surface area contributed by atoms with Gasteiger partial charge in [-0.2, -0.15) is 4.31 Å². The Morgan fingerprint density at radius 3 is 2.58 bits per heavy atom. The summed E-state index contributed by atoms with van der Waals surface area (Å²) in [5.41, 5.74) is 0. The predicted octanol–water partition coefficient (Wildman–Crippen LogP) is 1.70. The summed E-state index contributed by atoms with van der Waals surface area (Å²) in [4.78, 5) is 11.1. The van der Waals surface area contributed by atoms with Crippen LogP contribution < -0.4 is 0 Å². The maximum Gasteiger partial charge on any atom is 0.304 e. The van der Waals surface area contributed by atoms with Crippen molar-refractivity contribution in [2.45, 2.75) is 36.6 Å². The molecule has 2 rings (SSSR count). The van der Waals surface area contributed by atoms with Crippen LogP contribution in [0, 0.1) is 0 Å². The minimum Gasteiger partial charge on any atom is -0.481 e. The van der Waals surface area contributed by atoms with E-state index in [2.05, 4.69) is 0 Å². The molecule has 1 heterocycles. The van der Waals surface area contributed by atoms with Crippen LogP contribution in [0.3, 0.4) is 0 Å². The molecule has 1 saturated heterocycles. The molecule has 0 aliphatic carbocycles. The number of piperidine rings is 1. The number of benzene rings is 1. The van der Waals surface area contributed by atoms with E-state index in [-0.39, 0.29) is 11.3 Å². The van der Waals surface area contributed by atoms with E-state index in [4.69, 9.17) is 5.11 Å². The van der Waals surface area contributed by atoms with Crippen molar-refractivity contribution in [1.29, 1.82) is 0 Å². The van der Waals surface area contributed by atoms with E-state index in [0.29, 0.717) is 13.0 Å². The van der Waals surface area contributed by atoms with Gasteiger partial charge in [-0.25, -0.2) is 8.42 Å². The first-order valence-electron chi connectivity index (χ1n) is 6.30. The Bertz CT molecular complexity index is 541. The van der Waals surface area contributed by atoms with Gasteiger partial charge in [-0.3, -0.25) is 4.79 Å². The Balaban J connectivity index is 2.29. The van der Waals surface area contributed by atoms with Gasteiger partial charge in [-0.15, -0.1) is 0 Å². The van der Waals surface area contributed by atoms with Crippen LogP contribution in [0.4, 0.5) is 0 Å². The zero-order valence-electron chi connectivity index (χ0n) is 10.5. The number of hydrogen-bond acceptors (Lipinski definition) is 3. The van der Waals surface area contributed by atoms with Crippen LogP contribution in [0.1, 0.15) is 25.7 Å². The van der Waals surface area contributed by atoms with Crippen LogP contribution in [0.2, 0.25) is 0 Å². The number of sulfonamides is 1. The normalized spacial score (nSPS) is 21.2. The molecule has 1 aliphatic rings. The molecular formula is C13H17NO4S. The fourth-order valence-corrected chi connectivity index (χ4v) is 4.14. The largest absolute Gasteiger partial charge is 0.481 e. The Morgan fingerprint density at radius 1 is 1.26 bits per heavy atom. The highest BCUT2D eigenvalue weighted by atomic mass is 32.2. The molecule has 1 unspecified atom stereocenters. The molecule has 0 amide bonds. The highest BCUT2D eigenvalue weighted by Crippen LogP contribution is 2.26. The zero-order chi connectivity index (χ0) is 13.9. The van der Waals surface area contributed by atoms with Crippen LogP contribution in [-0.4, -0.2) is 36.4 Å². The van der Waals surface area contributed by atoms with Crippen molar-refractivity contribution in [1.82, 2.24) is 4.31 Å². The standard InChI is InChI=1S/C13H17NO4S/c15-13(16)10-11-6-4-5-9-14(11)19(17,18)12-7-2-1-3-8-12/h1-3,7-8,11H,4-6,9-10H2,(H,15,16). The third-order valence-electron chi connectivity index (χ3n) is 3.33. The van der Waals surface area contributed by atoms with E-state index in [1.165, 1.54) is 4.31 Å². The molecule has 6 heteroatoms. The van der Waals surface area contributed by atoms with Gasteiger partial charge >= 0.3 is 5.97 Å². The molecular weight excluding hydrogens is 266 g/mol. The molecule has 1 aromatic carbocycles. The molecule has 0 saturated carbocycles. The highest BCUT2D eigenvalue weighted by molar-refractivity contribution is 7.89. The zero-order valence-corrected chi connectivity index (χ0v) is 11.3. The molecule has 1 N–H and O–H groups in total. The van der Waals surface area contributed by atoms with Gasteiger partial charge in [0.25, 0.3) is 0 Å². The molecule has 1 aromatic rings. The van der Waals surface area contributed by atoms with Gasteiger partial charge < -0.3 is 5.11 Å². The lowest BCUT2D eigenvalue weighted by Crippen LogP contribution is -2.44. The topological polar surface area (TPSA) is 74.7 Å². The Morgan fingerprint density at radius 2 is 1.95 bits per heavy atom. The van der Waals surface area contributed by atoms with Gasteiger partial charge in [0.15, 0.2) is 0 Å². The average molecular weight is 283 g/mol. The fraction of sp³-hybridized carbons (Fsp3) is 0.462. The molecule has 5 nitrogen and oxygen atoms in total. The van der Waals surface area contributed by atoms with E-state index in [1.54, 1.807) is 30.3 Å². The molecule has 1 fully saturated rings. The monoisotopic (exact) mass is 283 g/mol. The van der Waals surface area contributed by atoms with E-state index < -0.39 is 22.0 Å². The van der Waals surface area contributed by atoms with E-state index in [9.17, 15) is 13.2 Å². The molecule has 0 aromatic heterocycles. The smallest absolute Gasteiger partial charge is 0.304 e. The van der Waals surface area contributed by atoms with Gasteiger partial charge in [-0.1, -0.05) is 24.6 Å². The van der Waals surface area contributed by atoms with Crippen LogP contribution in [0.25, 0.3) is 0 Å². The van der Waals surface area contributed by atoms with Crippen LogP contribution >= 0.6 is 0 Å². The maximum atomic E-state index is 12.5. The Kier molecular flexibility index (Phi) is 4.21. The van der Waals surface area contributed by atoms with Crippen molar-refractivity contribution in [3.63, 3.8) is 0 Å². The van der Waals surface area contributed by atoms with Crippen LogP contribution in [0.5, 0.6) is 0 Å². The second-order valence-electron chi connectivity index (χ2n) is 4.68. The average Bonchev–Trinajstić information content (AvgIpc) is 2.39. The number of carboxylic acid groups (broad SMARTS) is 1. The molecule has 0 spiro atoms. The molecule has 19 heavy (non-hydrogen) atoms. The summed E-state index contributed by atoms with van der Waals surface area (Å²) < 4.78 is 26.4. The number of hydrogen-bond donors (Lipinski definition) is 1. The van der Waals surface area contributed by atoms with Crippen molar-refractivity contribution in [2.75, 3.05) is 6.54 Å². The van der Waals surface area contributed by atoms with E-state index >= 15 is 0 Å². The van der Waals surface area contributed by atoms with Crippen LogP contribution in [-0.2, 0) is 14.8 Å². The number of carboxylic acids is 1. The summed E-state index contributed by atoms with van der Waals surface area (Å²) in [6.07, 6.45) is 2.13. The van der Waals surface area contributed by atoms with Gasteiger partial charge in [0.05, 0.1) is 11.3 Å². The molecule has 1 atom stereocenters. The van der Waals surface area contributed by atoms with Crippen molar-refractivity contribution < 1.29 is 18.3 Å². The summed E-state index contributed by atoms with van der Waals surface area (Å²) in [6, 6.07) is 7.75. The lowest BCUT2D eigenvalue weighted by atomic mass is 10.0. The van der Waals surface area contributed by atoms with Crippen molar-refractivity contribution >= 4 is 16.0 Å². The van der Waals surface area contributed by atoms with E-state index in [0.717, 1.165) is 12.8 Å². The lowest BCUT2D eigenvalue weighted by molar-refractivity contribution is -0.138. The Hall–Kier alpha value is -1.40. The summed E-state index contributed by atoms with van der Waals surface area (Å²) >= 11 is 0. The van der Waals surface area contributed by atoms with E-state index in [1.807, 2.05) is 0 Å². The lowest BCUT2D eigenvalue weighted by Gasteiger charge is -2.33. The van der Waals surface area contributed by atoms with Gasteiger partial charge in [0.2, 0.25) is 10.0 Å². The molecule has 0 radical (unpaired) electrons. The molecule has 0 bridgehead atoms. The Labute approximate surface area is 112 Å². The summed E-state index contributed by atoms with van der Waals surface area (Å²) in [5.74, 6) is -0.958. The molecule has 104 valence electrons. The first-order chi connectivity index (χ1) is 9.01. The third-order valence-corrected chi connectivity index (χ3v) is 5.30. The van der Waals surface area contributed by atoms with Crippen molar-refractivity contribution in [3.05, 3.63) is 30.3 Å². The molecule has 1 aliphatic heterocycles. The third kappa shape index (κ3) is 3.13. The second-order valence-corrected chi connectivity index (χ2v) is 6.57. The first-order valence-corrected chi connectivity index (χ1v) is 7.74. The quantitative estimate of drug-likeness (QED) is 0.912. The predicted molar refractivity (Wildman–Crippen MR) is 70.2 cm³/mol. The summed E-state index contributed by atoms with van der Waals surface area (Å²) in [7, 11) is -3.59. The fourth-order valence-electron chi connectivity index (χ4n) is 2.42. The SMILES string of the molecule is O=C(O)CC1CCCCN1S(=O)(=O)c1ccccc1. The van der Waals surface area contributed by atoms with Crippen molar-refractivity contribution in [3.8, 4) is 0 Å². The van der Waals surface area contributed by atoms with Crippen molar-refractivity contribution in [2.24, 2.45) is 0 Å². The highest BCUT2D eigenvalue weighted by Gasteiger charge is 2.34. The number of nitrogens with zero attached hydrogens (tertiary/aromatic N) is 1. The minimum atomic E-state index is -3.59. The maximum absolute atomic E-state index is 12.5. The summed E-state index contributed by atoms with van der Waals surface area (Å²) in [6.45, 7) is 0.398. The van der Waals surface area contributed by atoms with Gasteiger partial charge in [0, 0.05) is 12.6 Å². The summed E-state index contributed by atoms with van der Waals surface area (Å²) in [5, 5.41) is 8.90. The first kappa shape index (κ1) is 14.0. The minimum absolute atomic E-state index is 0.133. The van der Waals surface area contributed by atoms with Gasteiger partial charge in [-0.05, 0) is 25.0 Å². The van der Waals surface area contributed by atoms with Crippen LogP contribution in [0.15, 0.2) is 35.2 Å². The number of rotatable bonds is 4. The van der Waals surface area contributed by atoms with Gasteiger partial charge in [0.1, 0.15) is 0 Å².